The van der Waals surface area contributed by atoms with E-state index >= 15 is 0 Å². The molecule has 1 fully saturated rings. The summed E-state index contributed by atoms with van der Waals surface area (Å²) in [6.45, 7) is 0.488. The lowest BCUT2D eigenvalue weighted by Gasteiger charge is -2.38. The Morgan fingerprint density at radius 1 is 0.886 bits per heavy atom. The molecule has 0 bridgehead atoms. The minimum absolute atomic E-state index is 0.00397. The van der Waals surface area contributed by atoms with Gasteiger partial charge in [0.05, 0.1) is 0 Å². The van der Waals surface area contributed by atoms with Gasteiger partial charge in [-0.1, -0.05) is 60.7 Å². The van der Waals surface area contributed by atoms with Crippen LogP contribution < -0.4 is 10.6 Å². The number of carbonyl (C=O) groups excluding carboxylic acids is 2. The fourth-order valence-electron chi connectivity index (χ4n) is 4.81. The second-order valence-corrected chi connectivity index (χ2v) is 9.07. The highest BCUT2D eigenvalue weighted by atomic mass is 16.5. The van der Waals surface area contributed by atoms with Gasteiger partial charge in [0.15, 0.2) is 0 Å². The van der Waals surface area contributed by atoms with Gasteiger partial charge in [-0.3, -0.25) is 4.79 Å². The van der Waals surface area contributed by atoms with Crippen molar-refractivity contribution in [3.05, 3.63) is 95.1 Å². The molecule has 0 spiro atoms. The molecule has 0 heterocycles. The van der Waals surface area contributed by atoms with Crippen LogP contribution in [0.1, 0.15) is 52.2 Å². The molecule has 7 heteroatoms. The number of carboxylic acid groups (broad SMARTS) is 1. The molecule has 1 saturated carbocycles. The number of nitrogens with one attached hydrogen (secondary N) is 2. The average molecular weight is 471 g/mol. The Morgan fingerprint density at radius 2 is 1.49 bits per heavy atom. The van der Waals surface area contributed by atoms with Crippen molar-refractivity contribution in [2.45, 2.75) is 37.3 Å². The van der Waals surface area contributed by atoms with E-state index in [0.717, 1.165) is 23.1 Å². The molecule has 2 aliphatic carbocycles. The number of rotatable bonds is 7. The summed E-state index contributed by atoms with van der Waals surface area (Å²) in [5, 5.41) is 14.8. The molecular formula is C28H26N2O5. The first-order valence-electron chi connectivity index (χ1n) is 11.7. The predicted molar refractivity (Wildman–Crippen MR) is 130 cm³/mol. The molecule has 2 amide bonds. The van der Waals surface area contributed by atoms with Crippen molar-refractivity contribution < 1.29 is 24.2 Å². The van der Waals surface area contributed by atoms with Crippen LogP contribution in [0.3, 0.4) is 0 Å². The minimum atomic E-state index is -1.15. The molecule has 35 heavy (non-hydrogen) atoms. The van der Waals surface area contributed by atoms with Crippen LogP contribution in [-0.4, -0.2) is 35.2 Å². The molecular weight excluding hydrogens is 444 g/mol. The number of fused-ring (bicyclic) bond motifs is 3. The largest absolute Gasteiger partial charge is 0.480 e. The third-order valence-corrected chi connectivity index (χ3v) is 6.97. The molecule has 3 aromatic carbocycles. The lowest BCUT2D eigenvalue weighted by atomic mass is 9.76. The van der Waals surface area contributed by atoms with Crippen molar-refractivity contribution in [2.75, 3.05) is 6.61 Å². The standard InChI is InChI=1S/C28H26N2O5/c31-25(30-28(26(32)33)14-5-15-28)19-12-10-18(11-13-19)16-29-27(34)35-17-24-22-8-3-1-6-20(22)21-7-2-4-9-23(21)24/h1-4,6-13,24H,5,14-17H2,(H,29,34)(H,30,31)(H,32,33). The average Bonchev–Trinajstić information content (AvgIpc) is 3.17. The Labute approximate surface area is 203 Å². The minimum Gasteiger partial charge on any atom is -0.480 e. The van der Waals surface area contributed by atoms with Gasteiger partial charge in [-0.2, -0.15) is 0 Å². The van der Waals surface area contributed by atoms with Crippen molar-refractivity contribution in [3.8, 4) is 11.1 Å². The maximum absolute atomic E-state index is 12.5. The van der Waals surface area contributed by atoms with Gasteiger partial charge in [0, 0.05) is 18.0 Å². The van der Waals surface area contributed by atoms with E-state index in [4.69, 9.17) is 4.74 Å². The molecule has 3 aromatic rings. The Morgan fingerprint density at radius 3 is 2.03 bits per heavy atom. The molecule has 0 radical (unpaired) electrons. The van der Waals surface area contributed by atoms with E-state index in [1.54, 1.807) is 24.3 Å². The molecule has 3 N–H and O–H groups in total. The SMILES string of the molecule is O=C(NCc1ccc(C(=O)NC2(C(=O)O)CCC2)cc1)OCC1c2ccccc2-c2ccccc21. The number of hydrogen-bond donors (Lipinski definition) is 3. The van der Waals surface area contributed by atoms with Gasteiger partial charge in [0.1, 0.15) is 12.1 Å². The van der Waals surface area contributed by atoms with Crippen LogP contribution in [0.5, 0.6) is 0 Å². The van der Waals surface area contributed by atoms with Crippen LogP contribution in [-0.2, 0) is 16.1 Å². The predicted octanol–water partition coefficient (Wildman–Crippen LogP) is 4.46. The van der Waals surface area contributed by atoms with Gasteiger partial charge >= 0.3 is 12.1 Å². The molecule has 2 aliphatic rings. The van der Waals surface area contributed by atoms with Crippen LogP contribution in [0, 0.1) is 0 Å². The van der Waals surface area contributed by atoms with E-state index in [0.29, 0.717) is 18.4 Å². The Kier molecular flexibility index (Phi) is 5.99. The summed E-state index contributed by atoms with van der Waals surface area (Å²) in [6, 6.07) is 23.0. The first-order chi connectivity index (χ1) is 17.0. The topological polar surface area (TPSA) is 105 Å². The highest BCUT2D eigenvalue weighted by Gasteiger charge is 2.45. The number of amides is 2. The summed E-state index contributed by atoms with van der Waals surface area (Å²) in [6.07, 6.45) is 1.15. The van der Waals surface area contributed by atoms with Crippen molar-refractivity contribution in [2.24, 2.45) is 0 Å². The quantitative estimate of drug-likeness (QED) is 0.473. The summed E-state index contributed by atoms with van der Waals surface area (Å²) in [7, 11) is 0. The highest BCUT2D eigenvalue weighted by molar-refractivity contribution is 5.98. The second-order valence-electron chi connectivity index (χ2n) is 9.07. The van der Waals surface area contributed by atoms with Crippen LogP contribution in [0.25, 0.3) is 11.1 Å². The molecule has 0 aliphatic heterocycles. The number of hydrogen-bond acceptors (Lipinski definition) is 4. The van der Waals surface area contributed by atoms with E-state index in [9.17, 15) is 19.5 Å². The van der Waals surface area contributed by atoms with E-state index in [-0.39, 0.29) is 19.1 Å². The molecule has 0 atom stereocenters. The van der Waals surface area contributed by atoms with Crippen LogP contribution in [0.15, 0.2) is 72.8 Å². The number of ether oxygens (including phenoxy) is 1. The van der Waals surface area contributed by atoms with E-state index in [1.807, 2.05) is 24.3 Å². The molecule has 7 nitrogen and oxygen atoms in total. The first kappa shape index (κ1) is 22.7. The Bertz CT molecular complexity index is 1240. The van der Waals surface area contributed by atoms with Crippen molar-refractivity contribution in [1.29, 1.82) is 0 Å². The van der Waals surface area contributed by atoms with Gasteiger partial charge in [0.2, 0.25) is 0 Å². The van der Waals surface area contributed by atoms with Crippen molar-refractivity contribution in [3.63, 3.8) is 0 Å². The lowest BCUT2D eigenvalue weighted by molar-refractivity contribution is -0.148. The monoisotopic (exact) mass is 470 g/mol. The van der Waals surface area contributed by atoms with Gasteiger partial charge in [0.25, 0.3) is 5.91 Å². The zero-order valence-electron chi connectivity index (χ0n) is 19.1. The fourth-order valence-corrected chi connectivity index (χ4v) is 4.81. The summed E-state index contributed by atoms with van der Waals surface area (Å²) in [5.74, 6) is -1.42. The van der Waals surface area contributed by atoms with Crippen molar-refractivity contribution in [1.82, 2.24) is 10.6 Å². The maximum atomic E-state index is 12.5. The summed E-state index contributed by atoms with van der Waals surface area (Å²) in [5.41, 5.74) is 4.68. The maximum Gasteiger partial charge on any atom is 0.407 e. The van der Waals surface area contributed by atoms with E-state index < -0.39 is 23.5 Å². The third kappa shape index (κ3) is 4.37. The van der Waals surface area contributed by atoms with Crippen LogP contribution in [0.4, 0.5) is 4.79 Å². The van der Waals surface area contributed by atoms with Gasteiger partial charge in [-0.05, 0) is 59.2 Å². The Balaban J connectivity index is 1.14. The zero-order valence-corrected chi connectivity index (χ0v) is 19.1. The van der Waals surface area contributed by atoms with Crippen LogP contribution >= 0.6 is 0 Å². The molecule has 178 valence electrons. The van der Waals surface area contributed by atoms with Gasteiger partial charge in [-0.25, -0.2) is 9.59 Å². The van der Waals surface area contributed by atoms with Gasteiger partial charge in [-0.15, -0.1) is 0 Å². The Hall–Kier alpha value is -4.13. The lowest BCUT2D eigenvalue weighted by Crippen LogP contribution is -2.59. The van der Waals surface area contributed by atoms with Crippen molar-refractivity contribution >= 4 is 18.0 Å². The number of alkyl carbamates (subject to hydrolysis) is 1. The molecule has 5 rings (SSSR count). The number of carboxylic acids is 1. The number of benzene rings is 3. The summed E-state index contributed by atoms with van der Waals surface area (Å²) < 4.78 is 5.55. The van der Waals surface area contributed by atoms with E-state index in [1.165, 1.54) is 11.1 Å². The normalized spacial score (nSPS) is 15.3. The summed E-state index contributed by atoms with van der Waals surface area (Å²) >= 11 is 0. The van der Waals surface area contributed by atoms with Gasteiger partial charge < -0.3 is 20.5 Å². The summed E-state index contributed by atoms with van der Waals surface area (Å²) in [4.78, 5) is 36.3. The first-order valence-corrected chi connectivity index (χ1v) is 11.7. The number of aliphatic carboxylic acids is 1. The fraction of sp³-hybridized carbons (Fsp3) is 0.250. The molecule has 0 unspecified atom stereocenters. The zero-order chi connectivity index (χ0) is 24.4. The second kappa shape index (κ2) is 9.25. The van der Waals surface area contributed by atoms with E-state index in [2.05, 4.69) is 34.9 Å². The number of carbonyl (C=O) groups is 3. The molecule has 0 saturated heterocycles. The third-order valence-electron chi connectivity index (χ3n) is 6.97. The van der Waals surface area contributed by atoms with Crippen LogP contribution in [0.2, 0.25) is 0 Å². The molecule has 0 aromatic heterocycles. The smallest absolute Gasteiger partial charge is 0.407 e. The highest BCUT2D eigenvalue weighted by Crippen LogP contribution is 2.44.